The van der Waals surface area contributed by atoms with Crippen LogP contribution in [0.5, 0.6) is 0 Å². The summed E-state index contributed by atoms with van der Waals surface area (Å²) in [5.74, 6) is -0.368. The van der Waals surface area contributed by atoms with Crippen molar-refractivity contribution in [2.75, 3.05) is 0 Å². The number of benzene rings is 2. The molecular formula is C20H22N2O2. The van der Waals surface area contributed by atoms with Gasteiger partial charge in [-0.15, -0.1) is 0 Å². The fourth-order valence-electron chi connectivity index (χ4n) is 2.99. The van der Waals surface area contributed by atoms with E-state index < -0.39 is 5.41 Å². The van der Waals surface area contributed by atoms with Crippen LogP contribution in [0, 0.1) is 11.3 Å². The van der Waals surface area contributed by atoms with Crippen molar-refractivity contribution in [1.29, 1.82) is 5.26 Å². The number of rotatable bonds is 8. The number of carbonyl (C=O) groups excluding carboxylic acids is 1. The number of hydrogen-bond acceptors (Lipinski definition) is 3. The Hall–Kier alpha value is -2.64. The minimum atomic E-state index is -0.679. The predicted molar refractivity (Wildman–Crippen MR) is 92.3 cm³/mol. The molecule has 0 aliphatic rings. The van der Waals surface area contributed by atoms with Gasteiger partial charge < -0.3 is 0 Å². The molecule has 0 aliphatic heterocycles. The van der Waals surface area contributed by atoms with Gasteiger partial charge in [0, 0.05) is 6.42 Å². The highest BCUT2D eigenvalue weighted by atomic mass is 16.5. The molecule has 4 heteroatoms. The first-order chi connectivity index (χ1) is 11.7. The molecule has 2 aromatic rings. The van der Waals surface area contributed by atoms with Gasteiger partial charge in [-0.25, -0.2) is 5.48 Å². The third-order valence-electron chi connectivity index (χ3n) is 4.30. The molecule has 0 atom stereocenters. The molecule has 0 radical (unpaired) electrons. The molecule has 0 heterocycles. The summed E-state index contributed by atoms with van der Waals surface area (Å²) in [5.41, 5.74) is 2.95. The normalized spacial score (nSPS) is 10.8. The van der Waals surface area contributed by atoms with Crippen LogP contribution in [0.25, 0.3) is 0 Å². The topological polar surface area (TPSA) is 73.1 Å². The highest BCUT2D eigenvalue weighted by Crippen LogP contribution is 2.36. The van der Waals surface area contributed by atoms with Gasteiger partial charge in [-0.2, -0.15) is 5.26 Å². The van der Waals surface area contributed by atoms with Crippen LogP contribution in [0.2, 0.25) is 0 Å². The molecule has 0 aromatic heterocycles. The van der Waals surface area contributed by atoms with Gasteiger partial charge in [-0.3, -0.25) is 10.0 Å². The molecule has 0 fully saturated rings. The number of nitrogens with one attached hydrogen (secondary N) is 1. The van der Waals surface area contributed by atoms with Gasteiger partial charge in [0.25, 0.3) is 0 Å². The summed E-state index contributed by atoms with van der Waals surface area (Å²) in [5, 5.41) is 18.5. The molecule has 1 amide bonds. The first kappa shape index (κ1) is 17.7. The van der Waals surface area contributed by atoms with Crippen molar-refractivity contribution < 1.29 is 10.0 Å². The lowest BCUT2D eigenvalue weighted by atomic mass is 9.72. The zero-order valence-electron chi connectivity index (χ0n) is 13.6. The van der Waals surface area contributed by atoms with Crippen LogP contribution in [-0.4, -0.2) is 11.1 Å². The van der Waals surface area contributed by atoms with Crippen molar-refractivity contribution >= 4 is 5.91 Å². The van der Waals surface area contributed by atoms with E-state index in [0.717, 1.165) is 24.0 Å². The van der Waals surface area contributed by atoms with E-state index in [0.29, 0.717) is 19.3 Å². The number of hydroxylamine groups is 1. The highest BCUT2D eigenvalue weighted by molar-refractivity contribution is 5.74. The van der Waals surface area contributed by atoms with Crippen molar-refractivity contribution in [3.05, 3.63) is 71.8 Å². The Balaban J connectivity index is 2.15. The van der Waals surface area contributed by atoms with E-state index in [4.69, 9.17) is 5.21 Å². The second-order valence-electron chi connectivity index (χ2n) is 5.84. The molecule has 4 nitrogen and oxygen atoms in total. The van der Waals surface area contributed by atoms with Gasteiger partial charge in [0.05, 0.1) is 6.07 Å². The van der Waals surface area contributed by atoms with Gasteiger partial charge in [0.1, 0.15) is 5.41 Å². The fourth-order valence-corrected chi connectivity index (χ4v) is 2.99. The van der Waals surface area contributed by atoms with E-state index >= 15 is 0 Å². The van der Waals surface area contributed by atoms with Crippen LogP contribution in [0.1, 0.15) is 43.2 Å². The lowest BCUT2D eigenvalue weighted by molar-refractivity contribution is -0.129. The third kappa shape index (κ3) is 4.21. The summed E-state index contributed by atoms with van der Waals surface area (Å²) in [6.45, 7) is 0. The summed E-state index contributed by atoms with van der Waals surface area (Å²) < 4.78 is 0. The Bertz CT molecular complexity index is 638. The maximum absolute atomic E-state index is 11.1. The summed E-state index contributed by atoms with van der Waals surface area (Å²) in [6.07, 6.45) is 3.34. The number of amides is 1. The minimum absolute atomic E-state index is 0.298. The van der Waals surface area contributed by atoms with E-state index in [1.165, 1.54) is 0 Å². The first-order valence-electron chi connectivity index (χ1n) is 8.18. The molecule has 0 saturated heterocycles. The van der Waals surface area contributed by atoms with Crippen LogP contribution in [0.4, 0.5) is 0 Å². The summed E-state index contributed by atoms with van der Waals surface area (Å²) >= 11 is 0. The van der Waals surface area contributed by atoms with E-state index in [1.807, 2.05) is 60.7 Å². The number of unbranched alkanes of at least 4 members (excludes halogenated alkanes) is 2. The highest BCUT2D eigenvalue weighted by Gasteiger charge is 2.33. The predicted octanol–water partition coefficient (Wildman–Crippen LogP) is 3.95. The Morgan fingerprint density at radius 2 is 1.50 bits per heavy atom. The largest absolute Gasteiger partial charge is 0.289 e. The zero-order valence-corrected chi connectivity index (χ0v) is 13.6. The molecule has 0 spiro atoms. The Morgan fingerprint density at radius 3 is 1.96 bits per heavy atom. The molecular weight excluding hydrogens is 300 g/mol. The van der Waals surface area contributed by atoms with Gasteiger partial charge >= 0.3 is 0 Å². The number of hydrogen-bond donors (Lipinski definition) is 2. The molecule has 0 unspecified atom stereocenters. The molecule has 0 bridgehead atoms. The molecule has 124 valence electrons. The van der Waals surface area contributed by atoms with Gasteiger partial charge in [0.2, 0.25) is 5.91 Å². The van der Waals surface area contributed by atoms with Crippen LogP contribution in [-0.2, 0) is 10.2 Å². The zero-order chi connectivity index (χ0) is 17.3. The number of carbonyl (C=O) groups is 1. The van der Waals surface area contributed by atoms with Gasteiger partial charge in [-0.1, -0.05) is 73.5 Å². The van der Waals surface area contributed by atoms with Crippen LogP contribution < -0.4 is 5.48 Å². The second kappa shape index (κ2) is 8.85. The number of nitriles is 1. The van der Waals surface area contributed by atoms with Crippen LogP contribution >= 0.6 is 0 Å². The van der Waals surface area contributed by atoms with Crippen molar-refractivity contribution in [2.45, 2.75) is 37.5 Å². The van der Waals surface area contributed by atoms with Crippen molar-refractivity contribution in [3.8, 4) is 6.07 Å². The molecule has 2 rings (SSSR count). The Kier molecular flexibility index (Phi) is 6.53. The molecule has 0 saturated carbocycles. The van der Waals surface area contributed by atoms with Crippen LogP contribution in [0.15, 0.2) is 60.7 Å². The summed E-state index contributed by atoms with van der Waals surface area (Å²) in [7, 11) is 0. The van der Waals surface area contributed by atoms with Crippen LogP contribution in [0.3, 0.4) is 0 Å². The second-order valence-corrected chi connectivity index (χ2v) is 5.84. The SMILES string of the molecule is N#CC(CCCCCC(=O)NO)(c1ccccc1)c1ccccc1. The minimum Gasteiger partial charge on any atom is -0.289 e. The first-order valence-corrected chi connectivity index (χ1v) is 8.18. The Morgan fingerprint density at radius 1 is 0.958 bits per heavy atom. The monoisotopic (exact) mass is 322 g/mol. The van der Waals surface area contributed by atoms with Crippen molar-refractivity contribution in [3.63, 3.8) is 0 Å². The molecule has 2 aromatic carbocycles. The van der Waals surface area contributed by atoms with Gasteiger partial charge in [0.15, 0.2) is 0 Å². The molecule has 0 aliphatic carbocycles. The van der Waals surface area contributed by atoms with E-state index in [-0.39, 0.29) is 5.91 Å². The average Bonchev–Trinajstić information content (AvgIpc) is 2.66. The maximum Gasteiger partial charge on any atom is 0.243 e. The smallest absolute Gasteiger partial charge is 0.243 e. The lowest BCUT2D eigenvalue weighted by Gasteiger charge is -2.28. The van der Waals surface area contributed by atoms with Gasteiger partial charge in [-0.05, 0) is 24.0 Å². The third-order valence-corrected chi connectivity index (χ3v) is 4.30. The summed E-state index contributed by atoms with van der Waals surface area (Å²) in [4.78, 5) is 11.1. The summed E-state index contributed by atoms with van der Waals surface area (Å²) in [6, 6.07) is 22.2. The quantitative estimate of drug-likeness (QED) is 0.439. The molecule has 2 N–H and O–H groups in total. The number of nitrogens with zero attached hydrogens (tertiary/aromatic N) is 1. The standard InChI is InChI=1S/C20H22N2O2/c21-16-20(17-10-4-1-5-11-17,18-12-6-2-7-13-18)15-9-3-8-14-19(23)22-24/h1-2,4-7,10-13,24H,3,8-9,14-15H2,(H,22,23). The Labute approximate surface area is 142 Å². The van der Waals surface area contributed by atoms with E-state index in [1.54, 1.807) is 5.48 Å². The van der Waals surface area contributed by atoms with E-state index in [9.17, 15) is 10.1 Å². The molecule has 24 heavy (non-hydrogen) atoms. The lowest BCUT2D eigenvalue weighted by Crippen LogP contribution is -2.26. The van der Waals surface area contributed by atoms with Crippen molar-refractivity contribution in [1.82, 2.24) is 5.48 Å². The fraction of sp³-hybridized carbons (Fsp3) is 0.300. The average molecular weight is 322 g/mol. The van der Waals surface area contributed by atoms with Crippen molar-refractivity contribution in [2.24, 2.45) is 0 Å². The van der Waals surface area contributed by atoms with E-state index in [2.05, 4.69) is 6.07 Å². The maximum atomic E-state index is 11.1.